The van der Waals surface area contributed by atoms with Gasteiger partial charge in [-0.1, -0.05) is 0 Å². The molecule has 1 aliphatic rings. The van der Waals surface area contributed by atoms with E-state index in [9.17, 15) is 9.59 Å². The Bertz CT molecular complexity index is 643. The normalized spacial score (nSPS) is 17.2. The molecular weight excluding hydrogens is 284 g/mol. The summed E-state index contributed by atoms with van der Waals surface area (Å²) in [6.07, 6.45) is -0.655. The minimum Gasteiger partial charge on any atom is -0.444 e. The second kappa shape index (κ2) is 5.93. The molecule has 1 aromatic rings. The highest BCUT2D eigenvalue weighted by Gasteiger charge is 2.27. The van der Waals surface area contributed by atoms with Gasteiger partial charge in [0.1, 0.15) is 11.6 Å². The maximum Gasteiger partial charge on any atom is 0.408 e. The smallest absolute Gasteiger partial charge is 0.408 e. The van der Waals surface area contributed by atoms with Crippen LogP contribution >= 0.6 is 0 Å². The van der Waals surface area contributed by atoms with Gasteiger partial charge in [-0.2, -0.15) is 5.26 Å². The van der Waals surface area contributed by atoms with Crippen molar-refractivity contribution in [1.82, 2.24) is 5.32 Å². The van der Waals surface area contributed by atoms with Crippen molar-refractivity contribution in [2.75, 3.05) is 17.2 Å². The summed E-state index contributed by atoms with van der Waals surface area (Å²) in [7, 11) is 0. The lowest BCUT2D eigenvalue weighted by Crippen LogP contribution is -2.48. The summed E-state index contributed by atoms with van der Waals surface area (Å²) < 4.78 is 5.14. The van der Waals surface area contributed by atoms with Gasteiger partial charge in [0.15, 0.2) is 0 Å². The first kappa shape index (κ1) is 15.6. The molecule has 7 heteroatoms. The maximum absolute atomic E-state index is 12.1. The first-order chi connectivity index (χ1) is 10.3. The van der Waals surface area contributed by atoms with Gasteiger partial charge < -0.3 is 20.7 Å². The Morgan fingerprint density at radius 2 is 2.14 bits per heavy atom. The number of carbonyl (C=O) groups is 2. The van der Waals surface area contributed by atoms with Gasteiger partial charge in [-0.15, -0.1) is 0 Å². The van der Waals surface area contributed by atoms with E-state index in [0.29, 0.717) is 16.9 Å². The Morgan fingerprint density at radius 1 is 1.41 bits per heavy atom. The second-order valence-corrected chi connectivity index (χ2v) is 5.94. The lowest BCUT2D eigenvalue weighted by atomic mass is 10.2. The molecule has 1 aromatic carbocycles. The number of ether oxygens (including phenoxy) is 1. The number of hydrogen-bond donors (Lipinski definition) is 3. The number of anilines is 2. The van der Waals surface area contributed by atoms with Crippen molar-refractivity contribution in [3.8, 4) is 6.07 Å². The van der Waals surface area contributed by atoms with Crippen LogP contribution in [0.25, 0.3) is 0 Å². The Hall–Kier alpha value is -2.75. The van der Waals surface area contributed by atoms with E-state index >= 15 is 0 Å². The predicted octanol–water partition coefficient (Wildman–Crippen LogP) is 1.82. The number of carbonyl (C=O) groups excluding carboxylic acids is 2. The molecule has 0 bridgehead atoms. The molecule has 1 unspecified atom stereocenters. The Balaban J connectivity index is 2.08. The van der Waals surface area contributed by atoms with E-state index in [2.05, 4.69) is 16.0 Å². The Morgan fingerprint density at radius 3 is 2.77 bits per heavy atom. The van der Waals surface area contributed by atoms with Crippen LogP contribution < -0.4 is 16.0 Å². The lowest BCUT2D eigenvalue weighted by Gasteiger charge is -2.22. The topological polar surface area (TPSA) is 103 Å². The predicted molar refractivity (Wildman–Crippen MR) is 81.4 cm³/mol. The molecule has 1 aliphatic heterocycles. The van der Waals surface area contributed by atoms with Crippen LogP contribution in [0.1, 0.15) is 26.3 Å². The average Bonchev–Trinajstić information content (AvgIpc) is 2.56. The lowest BCUT2D eigenvalue weighted by molar-refractivity contribution is -0.117. The summed E-state index contributed by atoms with van der Waals surface area (Å²) >= 11 is 0. The zero-order valence-corrected chi connectivity index (χ0v) is 12.7. The maximum atomic E-state index is 12.1. The molecule has 0 aromatic heterocycles. The minimum atomic E-state index is -0.771. The number of alkyl carbamates (subject to hydrolysis) is 1. The molecule has 116 valence electrons. The van der Waals surface area contributed by atoms with E-state index in [1.165, 1.54) is 0 Å². The molecular formula is C15H18N4O3. The number of nitrogens with one attached hydrogen (secondary N) is 3. The molecule has 3 N–H and O–H groups in total. The van der Waals surface area contributed by atoms with Gasteiger partial charge in [-0.25, -0.2) is 4.79 Å². The minimum absolute atomic E-state index is 0.201. The summed E-state index contributed by atoms with van der Waals surface area (Å²) in [5.74, 6) is -0.346. The summed E-state index contributed by atoms with van der Waals surface area (Å²) in [5, 5.41) is 17.2. The van der Waals surface area contributed by atoms with E-state index in [0.717, 1.165) is 0 Å². The molecule has 0 fully saturated rings. The van der Waals surface area contributed by atoms with Gasteiger partial charge in [0.2, 0.25) is 5.91 Å². The summed E-state index contributed by atoms with van der Waals surface area (Å²) in [6, 6.07) is 6.17. The van der Waals surface area contributed by atoms with E-state index in [-0.39, 0.29) is 12.5 Å². The molecule has 0 saturated heterocycles. The van der Waals surface area contributed by atoms with E-state index in [4.69, 9.17) is 10.00 Å². The zero-order valence-electron chi connectivity index (χ0n) is 12.7. The third-order valence-corrected chi connectivity index (χ3v) is 2.91. The van der Waals surface area contributed by atoms with Crippen LogP contribution in [0.15, 0.2) is 18.2 Å². The highest BCUT2D eigenvalue weighted by atomic mass is 16.6. The van der Waals surface area contributed by atoms with Crippen LogP contribution in [-0.4, -0.2) is 30.2 Å². The van der Waals surface area contributed by atoms with Crippen LogP contribution in [0.5, 0.6) is 0 Å². The van der Waals surface area contributed by atoms with Crippen LogP contribution in [0, 0.1) is 11.3 Å². The van der Waals surface area contributed by atoms with E-state index in [1.54, 1.807) is 39.0 Å². The van der Waals surface area contributed by atoms with Crippen molar-refractivity contribution in [3.05, 3.63) is 23.8 Å². The first-order valence-corrected chi connectivity index (χ1v) is 6.87. The second-order valence-electron chi connectivity index (χ2n) is 5.94. The number of hydrogen-bond acceptors (Lipinski definition) is 5. The summed E-state index contributed by atoms with van der Waals surface area (Å²) in [5.41, 5.74) is 1.06. The number of benzene rings is 1. The third-order valence-electron chi connectivity index (χ3n) is 2.91. The Labute approximate surface area is 128 Å². The van der Waals surface area contributed by atoms with Gasteiger partial charge in [0.05, 0.1) is 23.0 Å². The quantitative estimate of drug-likeness (QED) is 0.734. The highest BCUT2D eigenvalue weighted by molar-refractivity contribution is 6.00. The molecule has 0 aliphatic carbocycles. The van der Waals surface area contributed by atoms with Gasteiger partial charge in [0.25, 0.3) is 0 Å². The molecule has 7 nitrogen and oxygen atoms in total. The largest absolute Gasteiger partial charge is 0.444 e. The third kappa shape index (κ3) is 3.88. The molecule has 0 radical (unpaired) electrons. The Kier molecular flexibility index (Phi) is 4.22. The summed E-state index contributed by atoms with van der Waals surface area (Å²) in [4.78, 5) is 23.9. The first-order valence-electron chi connectivity index (χ1n) is 6.87. The number of rotatable bonds is 1. The molecule has 2 amide bonds. The number of nitriles is 1. The number of nitrogens with zero attached hydrogens (tertiary/aromatic N) is 1. The summed E-state index contributed by atoms with van der Waals surface area (Å²) in [6.45, 7) is 5.44. The van der Waals surface area contributed by atoms with Gasteiger partial charge >= 0.3 is 6.09 Å². The molecule has 2 rings (SSSR count). The fourth-order valence-corrected chi connectivity index (χ4v) is 1.96. The fourth-order valence-electron chi connectivity index (χ4n) is 1.96. The van der Waals surface area contributed by atoms with E-state index in [1.807, 2.05) is 6.07 Å². The zero-order chi connectivity index (χ0) is 16.3. The molecule has 1 atom stereocenters. The molecule has 0 saturated carbocycles. The van der Waals surface area contributed by atoms with Gasteiger partial charge in [-0.05, 0) is 39.0 Å². The highest BCUT2D eigenvalue weighted by Crippen LogP contribution is 2.25. The van der Waals surface area contributed by atoms with Crippen molar-refractivity contribution in [1.29, 1.82) is 5.26 Å². The van der Waals surface area contributed by atoms with Crippen molar-refractivity contribution in [3.63, 3.8) is 0 Å². The van der Waals surface area contributed by atoms with Crippen molar-refractivity contribution < 1.29 is 14.3 Å². The van der Waals surface area contributed by atoms with E-state index < -0.39 is 17.7 Å². The van der Waals surface area contributed by atoms with Crippen molar-refractivity contribution >= 4 is 23.4 Å². The average molecular weight is 302 g/mol. The van der Waals surface area contributed by atoms with Crippen molar-refractivity contribution in [2.45, 2.75) is 32.4 Å². The number of fused-ring (bicyclic) bond motifs is 1. The molecule has 0 spiro atoms. The van der Waals surface area contributed by atoms with Crippen LogP contribution in [0.4, 0.5) is 16.2 Å². The van der Waals surface area contributed by atoms with Crippen LogP contribution in [-0.2, 0) is 9.53 Å². The monoisotopic (exact) mass is 302 g/mol. The fraction of sp³-hybridized carbons (Fsp3) is 0.400. The molecule has 22 heavy (non-hydrogen) atoms. The van der Waals surface area contributed by atoms with Crippen LogP contribution in [0.2, 0.25) is 0 Å². The van der Waals surface area contributed by atoms with Crippen LogP contribution in [0.3, 0.4) is 0 Å². The van der Waals surface area contributed by atoms with Gasteiger partial charge in [-0.3, -0.25) is 4.79 Å². The molecule has 1 heterocycles. The van der Waals surface area contributed by atoms with Crippen molar-refractivity contribution in [2.24, 2.45) is 0 Å². The van der Waals surface area contributed by atoms with Gasteiger partial charge in [0, 0.05) is 6.54 Å². The number of amides is 2. The SMILES string of the molecule is CC(C)(C)OC(=O)NC1CNc2cc(C#N)ccc2NC1=O. The standard InChI is InChI=1S/C15H18N4O3/c1-15(2,3)22-14(21)19-12-8-17-11-6-9(7-16)4-5-10(11)18-13(12)20/h4-6,12,17H,8H2,1-3H3,(H,18,20)(H,19,21).